The SMILES string of the molecule is Cc1c(Br)[c]nn1CC(C)C. The van der Waals surface area contributed by atoms with Gasteiger partial charge in [0.25, 0.3) is 0 Å². The number of hydrogen-bond donors (Lipinski definition) is 0. The quantitative estimate of drug-likeness (QED) is 0.742. The van der Waals surface area contributed by atoms with Crippen LogP contribution in [0.3, 0.4) is 0 Å². The summed E-state index contributed by atoms with van der Waals surface area (Å²) in [5.74, 6) is 0.633. The highest BCUT2D eigenvalue weighted by Gasteiger charge is 2.04. The van der Waals surface area contributed by atoms with Gasteiger partial charge in [0.1, 0.15) is 6.20 Å². The minimum atomic E-state index is 0.633. The second kappa shape index (κ2) is 3.39. The van der Waals surface area contributed by atoms with Gasteiger partial charge in [-0.3, -0.25) is 4.68 Å². The molecule has 0 aromatic carbocycles. The molecule has 1 aromatic heterocycles. The monoisotopic (exact) mass is 215 g/mol. The van der Waals surface area contributed by atoms with Crippen LogP contribution in [0.1, 0.15) is 19.5 Å². The van der Waals surface area contributed by atoms with Gasteiger partial charge >= 0.3 is 0 Å². The van der Waals surface area contributed by atoms with E-state index in [2.05, 4.69) is 41.1 Å². The van der Waals surface area contributed by atoms with Gasteiger partial charge in [0.2, 0.25) is 0 Å². The molecule has 0 saturated carbocycles. The van der Waals surface area contributed by atoms with Crippen molar-refractivity contribution in [2.24, 2.45) is 5.92 Å². The summed E-state index contributed by atoms with van der Waals surface area (Å²) in [5, 5.41) is 4.10. The van der Waals surface area contributed by atoms with Crippen molar-refractivity contribution >= 4 is 15.9 Å². The first kappa shape index (κ1) is 8.78. The Bertz CT molecular complexity index is 240. The zero-order chi connectivity index (χ0) is 8.43. The van der Waals surface area contributed by atoms with Crippen molar-refractivity contribution in [3.63, 3.8) is 0 Å². The Balaban J connectivity index is 2.79. The molecule has 2 nitrogen and oxygen atoms in total. The number of rotatable bonds is 2. The largest absolute Gasteiger partial charge is 0.268 e. The van der Waals surface area contributed by atoms with Crippen molar-refractivity contribution in [2.75, 3.05) is 0 Å². The van der Waals surface area contributed by atoms with Crippen LogP contribution in [-0.2, 0) is 6.54 Å². The molecule has 0 atom stereocenters. The van der Waals surface area contributed by atoms with Crippen LogP contribution in [0.4, 0.5) is 0 Å². The van der Waals surface area contributed by atoms with Gasteiger partial charge in [0.15, 0.2) is 0 Å². The van der Waals surface area contributed by atoms with E-state index in [0.717, 1.165) is 16.7 Å². The fourth-order valence-electron chi connectivity index (χ4n) is 0.897. The summed E-state index contributed by atoms with van der Waals surface area (Å²) in [6.07, 6.45) is 2.87. The lowest BCUT2D eigenvalue weighted by Crippen LogP contribution is -2.07. The van der Waals surface area contributed by atoms with Crippen LogP contribution in [0.5, 0.6) is 0 Å². The van der Waals surface area contributed by atoms with Gasteiger partial charge in [0, 0.05) is 6.54 Å². The molecule has 61 valence electrons. The summed E-state index contributed by atoms with van der Waals surface area (Å²) in [6, 6.07) is 0. The van der Waals surface area contributed by atoms with Crippen LogP contribution >= 0.6 is 15.9 Å². The topological polar surface area (TPSA) is 17.8 Å². The minimum Gasteiger partial charge on any atom is -0.268 e. The lowest BCUT2D eigenvalue weighted by Gasteiger charge is -2.06. The third-order valence-corrected chi connectivity index (χ3v) is 2.26. The molecule has 1 heterocycles. The second-order valence-corrected chi connectivity index (χ2v) is 3.88. The molecule has 0 amide bonds. The summed E-state index contributed by atoms with van der Waals surface area (Å²) in [4.78, 5) is 0. The lowest BCUT2D eigenvalue weighted by molar-refractivity contribution is 0.474. The molecule has 3 heteroatoms. The van der Waals surface area contributed by atoms with Gasteiger partial charge in [-0.2, -0.15) is 5.10 Å². The summed E-state index contributed by atoms with van der Waals surface area (Å²) < 4.78 is 2.94. The number of aromatic nitrogens is 2. The lowest BCUT2D eigenvalue weighted by atomic mass is 10.2. The molecular weight excluding hydrogens is 204 g/mol. The van der Waals surface area contributed by atoms with Crippen molar-refractivity contribution in [1.29, 1.82) is 0 Å². The third-order valence-electron chi connectivity index (χ3n) is 1.51. The predicted molar refractivity (Wildman–Crippen MR) is 48.3 cm³/mol. The average Bonchev–Trinajstić information content (AvgIpc) is 2.18. The standard InChI is InChI=1S/C8H12BrN2/c1-6(2)5-11-7(3)8(9)4-10-11/h6H,5H2,1-3H3. The van der Waals surface area contributed by atoms with Gasteiger partial charge in [-0.05, 0) is 28.8 Å². The molecule has 0 bridgehead atoms. The van der Waals surface area contributed by atoms with Gasteiger partial charge < -0.3 is 0 Å². The highest BCUT2D eigenvalue weighted by atomic mass is 79.9. The number of halogens is 1. The molecule has 0 aliphatic carbocycles. The van der Waals surface area contributed by atoms with E-state index < -0.39 is 0 Å². The van der Waals surface area contributed by atoms with E-state index in [0.29, 0.717) is 5.92 Å². The molecule has 1 aromatic rings. The number of nitrogens with zero attached hydrogens (tertiary/aromatic N) is 2. The van der Waals surface area contributed by atoms with Crippen LogP contribution in [-0.4, -0.2) is 9.78 Å². The first-order valence-electron chi connectivity index (χ1n) is 3.72. The predicted octanol–water partition coefficient (Wildman–Crippen LogP) is 2.41. The molecule has 0 saturated heterocycles. The Kier molecular flexibility index (Phi) is 2.71. The molecule has 0 N–H and O–H groups in total. The molecule has 0 aliphatic rings. The molecule has 1 rings (SSSR count). The van der Waals surface area contributed by atoms with Crippen LogP contribution in [0.25, 0.3) is 0 Å². The second-order valence-electron chi connectivity index (χ2n) is 3.09. The van der Waals surface area contributed by atoms with E-state index in [4.69, 9.17) is 0 Å². The van der Waals surface area contributed by atoms with Gasteiger partial charge in [-0.15, -0.1) is 0 Å². The van der Waals surface area contributed by atoms with Crippen molar-refractivity contribution in [2.45, 2.75) is 27.3 Å². The van der Waals surface area contributed by atoms with Gasteiger partial charge in [0.05, 0.1) is 10.2 Å². The van der Waals surface area contributed by atoms with E-state index in [1.54, 1.807) is 0 Å². The highest BCUT2D eigenvalue weighted by molar-refractivity contribution is 9.10. The van der Waals surface area contributed by atoms with E-state index in [9.17, 15) is 0 Å². The van der Waals surface area contributed by atoms with Crippen LogP contribution < -0.4 is 0 Å². The maximum atomic E-state index is 4.10. The Morgan fingerprint density at radius 3 is 2.64 bits per heavy atom. The van der Waals surface area contributed by atoms with Crippen molar-refractivity contribution in [3.8, 4) is 0 Å². The molecule has 0 spiro atoms. The van der Waals surface area contributed by atoms with Gasteiger partial charge in [-0.25, -0.2) is 0 Å². The Labute approximate surface area is 75.7 Å². The summed E-state index contributed by atoms with van der Waals surface area (Å²) in [6.45, 7) is 7.36. The fourth-order valence-corrected chi connectivity index (χ4v) is 1.18. The maximum Gasteiger partial charge on any atom is 0.128 e. The smallest absolute Gasteiger partial charge is 0.128 e. The Hall–Kier alpha value is -0.310. The van der Waals surface area contributed by atoms with Crippen LogP contribution in [0.2, 0.25) is 0 Å². The summed E-state index contributed by atoms with van der Waals surface area (Å²) in [7, 11) is 0. The molecule has 11 heavy (non-hydrogen) atoms. The zero-order valence-electron chi connectivity index (χ0n) is 7.06. The zero-order valence-corrected chi connectivity index (χ0v) is 8.64. The van der Waals surface area contributed by atoms with Gasteiger partial charge in [-0.1, -0.05) is 13.8 Å². The summed E-state index contributed by atoms with van der Waals surface area (Å²) in [5.41, 5.74) is 1.15. The van der Waals surface area contributed by atoms with Crippen LogP contribution in [0.15, 0.2) is 4.47 Å². The normalized spacial score (nSPS) is 11.0. The van der Waals surface area contributed by atoms with Crippen molar-refractivity contribution in [3.05, 3.63) is 16.4 Å². The van der Waals surface area contributed by atoms with E-state index in [-0.39, 0.29) is 0 Å². The van der Waals surface area contributed by atoms with Crippen molar-refractivity contribution in [1.82, 2.24) is 9.78 Å². The Morgan fingerprint density at radius 1 is 1.64 bits per heavy atom. The molecular formula is C8H12BrN2. The first-order chi connectivity index (χ1) is 5.11. The van der Waals surface area contributed by atoms with Crippen LogP contribution in [0, 0.1) is 19.0 Å². The third kappa shape index (κ3) is 2.06. The molecule has 0 unspecified atom stereocenters. The minimum absolute atomic E-state index is 0.633. The average molecular weight is 216 g/mol. The first-order valence-corrected chi connectivity index (χ1v) is 4.51. The van der Waals surface area contributed by atoms with E-state index in [1.807, 2.05) is 11.6 Å². The highest BCUT2D eigenvalue weighted by Crippen LogP contribution is 2.14. The molecule has 0 fully saturated rings. The maximum absolute atomic E-state index is 4.10. The molecule has 0 aliphatic heterocycles. The van der Waals surface area contributed by atoms with E-state index >= 15 is 0 Å². The van der Waals surface area contributed by atoms with E-state index in [1.165, 1.54) is 0 Å². The number of hydrogen-bond acceptors (Lipinski definition) is 1. The fraction of sp³-hybridized carbons (Fsp3) is 0.625. The van der Waals surface area contributed by atoms with Crippen molar-refractivity contribution < 1.29 is 0 Å². The Morgan fingerprint density at radius 2 is 2.27 bits per heavy atom. The molecule has 1 radical (unpaired) electrons. The summed E-state index contributed by atoms with van der Waals surface area (Å²) >= 11 is 3.37.